The molecular formula is C33H58INO4. The molecule has 39 heavy (non-hydrogen) atoms. The van der Waals surface area contributed by atoms with Crippen molar-refractivity contribution in [1.82, 2.24) is 4.90 Å². The molecule has 0 spiro atoms. The van der Waals surface area contributed by atoms with Crippen LogP contribution in [0.1, 0.15) is 111 Å². The lowest BCUT2D eigenvalue weighted by Gasteiger charge is -2.60. The van der Waals surface area contributed by atoms with Crippen LogP contribution in [0.25, 0.3) is 0 Å². The van der Waals surface area contributed by atoms with Crippen LogP contribution in [0.15, 0.2) is 12.1 Å². The zero-order valence-electron chi connectivity index (χ0n) is 26.6. The maximum atomic E-state index is 10.8. The minimum Gasteiger partial charge on any atom is -0.504 e. The summed E-state index contributed by atoms with van der Waals surface area (Å²) < 4.78 is 19.0. The van der Waals surface area contributed by atoms with Gasteiger partial charge < -0.3 is 24.2 Å². The quantitative estimate of drug-likeness (QED) is 0.244. The Balaban J connectivity index is 0.000000833. The van der Waals surface area contributed by atoms with E-state index in [9.17, 15) is 5.11 Å². The lowest BCUT2D eigenvalue weighted by Crippen LogP contribution is -2.62. The van der Waals surface area contributed by atoms with E-state index in [1.807, 2.05) is 41.5 Å². The van der Waals surface area contributed by atoms with Crippen molar-refractivity contribution in [1.29, 1.82) is 0 Å². The van der Waals surface area contributed by atoms with E-state index in [4.69, 9.17) is 14.2 Å². The van der Waals surface area contributed by atoms with Crippen LogP contribution < -0.4 is 4.74 Å². The van der Waals surface area contributed by atoms with Crippen LogP contribution in [0.4, 0.5) is 0 Å². The summed E-state index contributed by atoms with van der Waals surface area (Å²) in [7, 11) is 1.70. The van der Waals surface area contributed by atoms with Gasteiger partial charge in [-0.05, 0) is 82.4 Å². The fraction of sp³-hybridized carbons (Fsp3) is 0.818. The molecule has 7 atom stereocenters. The zero-order chi connectivity index (χ0) is 29.3. The van der Waals surface area contributed by atoms with Crippen molar-refractivity contribution in [3.8, 4) is 11.5 Å². The lowest BCUT2D eigenvalue weighted by atomic mass is 9.53. The average molecular weight is 660 g/mol. The van der Waals surface area contributed by atoms with Gasteiger partial charge in [-0.2, -0.15) is 0 Å². The molecular weight excluding hydrogens is 601 g/mol. The van der Waals surface area contributed by atoms with Crippen LogP contribution in [-0.2, 0) is 14.9 Å². The summed E-state index contributed by atoms with van der Waals surface area (Å²) >= 11 is 2.52. The summed E-state index contributed by atoms with van der Waals surface area (Å²) in [5.74, 6) is 2.70. The second-order valence-corrected chi connectivity index (χ2v) is 12.2. The molecule has 2 aliphatic heterocycles. The number of fused-ring (bicyclic) bond motifs is 2. The van der Waals surface area contributed by atoms with Crippen molar-refractivity contribution in [2.75, 3.05) is 20.2 Å². The Morgan fingerprint density at radius 2 is 1.77 bits per heavy atom. The molecule has 0 bridgehead atoms. The topological polar surface area (TPSA) is 51.2 Å². The van der Waals surface area contributed by atoms with E-state index in [0.29, 0.717) is 23.6 Å². The molecule has 6 unspecified atom stereocenters. The molecule has 4 aliphatic rings. The first-order valence-corrected chi connectivity index (χ1v) is 17.2. The van der Waals surface area contributed by atoms with Crippen molar-refractivity contribution < 1.29 is 19.3 Å². The molecule has 0 amide bonds. The van der Waals surface area contributed by atoms with E-state index in [1.54, 1.807) is 13.2 Å². The number of hydrogen-bond acceptors (Lipinski definition) is 5. The number of nitrogens with zero attached hydrogens (tertiary/aromatic N) is 1. The maximum absolute atomic E-state index is 10.8. The van der Waals surface area contributed by atoms with Gasteiger partial charge in [-0.3, -0.25) is 0 Å². The van der Waals surface area contributed by atoms with Crippen LogP contribution in [-0.4, -0.2) is 52.8 Å². The van der Waals surface area contributed by atoms with Crippen molar-refractivity contribution >= 4 is 22.6 Å². The van der Waals surface area contributed by atoms with Crippen molar-refractivity contribution in [3.63, 3.8) is 0 Å². The number of aryl methyl sites for hydroxylation is 1. The monoisotopic (exact) mass is 659 g/mol. The highest BCUT2D eigenvalue weighted by Crippen LogP contribution is 2.59. The Labute approximate surface area is 253 Å². The van der Waals surface area contributed by atoms with E-state index in [2.05, 4.69) is 54.3 Å². The van der Waals surface area contributed by atoms with E-state index in [0.717, 1.165) is 44.6 Å². The smallest absolute Gasteiger partial charge is 0.164 e. The fourth-order valence-electron chi connectivity index (χ4n) is 7.15. The van der Waals surface area contributed by atoms with Gasteiger partial charge in [0.2, 0.25) is 0 Å². The summed E-state index contributed by atoms with van der Waals surface area (Å²) in [5.41, 5.74) is 2.39. The van der Waals surface area contributed by atoms with Gasteiger partial charge in [0.15, 0.2) is 17.8 Å². The number of rotatable bonds is 6. The molecule has 4 fully saturated rings. The molecule has 5 rings (SSSR count). The van der Waals surface area contributed by atoms with Gasteiger partial charge in [0.05, 0.1) is 13.2 Å². The molecule has 2 saturated heterocycles. The highest BCUT2D eigenvalue weighted by atomic mass is 127. The predicted octanol–water partition coefficient (Wildman–Crippen LogP) is 8.86. The molecule has 226 valence electrons. The first-order chi connectivity index (χ1) is 18.9. The molecule has 0 radical (unpaired) electrons. The third kappa shape index (κ3) is 7.45. The Bertz CT molecular complexity index is 862. The number of piperidine rings is 1. The van der Waals surface area contributed by atoms with Crippen LogP contribution in [0, 0.1) is 24.7 Å². The summed E-state index contributed by atoms with van der Waals surface area (Å²) in [5, 5.41) is 10.8. The van der Waals surface area contributed by atoms with Crippen LogP contribution in [0.3, 0.4) is 0 Å². The molecule has 1 aromatic rings. The molecule has 5 nitrogen and oxygen atoms in total. The second kappa shape index (κ2) is 16.2. The molecule has 2 heterocycles. The first-order valence-electron chi connectivity index (χ1n) is 15.9. The number of aromatic hydroxyl groups is 1. The molecule has 1 aromatic carbocycles. The number of likely N-dealkylation sites (tertiary alicyclic amines) is 1. The van der Waals surface area contributed by atoms with E-state index >= 15 is 0 Å². The number of halogens is 1. The van der Waals surface area contributed by atoms with Crippen LogP contribution in [0.2, 0.25) is 0 Å². The molecule has 2 aliphatic carbocycles. The largest absolute Gasteiger partial charge is 0.504 e. The number of benzene rings is 1. The number of methoxy groups -OCH3 is 1. The van der Waals surface area contributed by atoms with Gasteiger partial charge in [-0.25, -0.2) is 0 Å². The minimum absolute atomic E-state index is 0.0563. The Kier molecular flexibility index (Phi) is 14.4. The highest BCUT2D eigenvalue weighted by molar-refractivity contribution is 14.1. The Morgan fingerprint density at radius 3 is 2.36 bits per heavy atom. The van der Waals surface area contributed by atoms with Gasteiger partial charge >= 0.3 is 0 Å². The summed E-state index contributed by atoms with van der Waals surface area (Å²) in [6, 6.07) is 4.34. The predicted molar refractivity (Wildman–Crippen MR) is 172 cm³/mol. The van der Waals surface area contributed by atoms with Gasteiger partial charge in [-0.1, -0.05) is 83.5 Å². The summed E-state index contributed by atoms with van der Waals surface area (Å²) in [4.78, 5) is 2.75. The van der Waals surface area contributed by atoms with E-state index < -0.39 is 0 Å². The van der Waals surface area contributed by atoms with Gasteiger partial charge in [-0.15, -0.1) is 0 Å². The number of hydrogen-bond donors (Lipinski definition) is 1. The standard InChI is InChI=1S/C27H40INO4.3C2H6/c1-5-6-23-32-22-14-27(24-16(2)7-10-21(30)25(24)31-4)11-12-29(15-18-8-9-18)17(3)20(27)13-19(22)26(28)33-23;3*1-2/h7,10,17-20,22-23,26,30H,5-6,8-9,11-15H2,1-4H3;3*1-2H3/t17?,19-,20?,22?,23?,26?,27?;;;/m0.../s1. The van der Waals surface area contributed by atoms with E-state index in [-0.39, 0.29) is 27.7 Å². The number of alkyl halides is 1. The van der Waals surface area contributed by atoms with Gasteiger partial charge in [0.25, 0.3) is 0 Å². The van der Waals surface area contributed by atoms with Gasteiger partial charge in [0.1, 0.15) is 4.11 Å². The molecule has 2 saturated carbocycles. The minimum atomic E-state index is -0.105. The summed E-state index contributed by atoms with van der Waals surface area (Å²) in [6.07, 6.45) is 8.02. The van der Waals surface area contributed by atoms with Crippen LogP contribution in [0.5, 0.6) is 11.5 Å². The molecule has 1 N–H and O–H groups in total. The van der Waals surface area contributed by atoms with Crippen molar-refractivity contribution in [3.05, 3.63) is 23.3 Å². The zero-order valence-corrected chi connectivity index (χ0v) is 28.7. The molecule has 0 aromatic heterocycles. The second-order valence-electron chi connectivity index (χ2n) is 11.0. The van der Waals surface area contributed by atoms with Crippen LogP contribution >= 0.6 is 22.6 Å². The van der Waals surface area contributed by atoms with Gasteiger partial charge in [0, 0.05) is 29.5 Å². The third-order valence-corrected chi connectivity index (χ3v) is 10.2. The van der Waals surface area contributed by atoms with E-state index in [1.165, 1.54) is 30.5 Å². The fourth-order valence-corrected chi connectivity index (χ4v) is 8.23. The van der Waals surface area contributed by atoms with Crippen molar-refractivity contribution in [2.45, 2.75) is 135 Å². The Morgan fingerprint density at radius 1 is 1.10 bits per heavy atom. The van der Waals surface area contributed by atoms with Crippen molar-refractivity contribution in [2.24, 2.45) is 17.8 Å². The molecule has 6 heteroatoms. The Hall–Kier alpha value is -0.570. The summed E-state index contributed by atoms with van der Waals surface area (Å²) in [6.45, 7) is 21.2. The highest BCUT2D eigenvalue weighted by Gasteiger charge is 2.58. The lowest BCUT2D eigenvalue weighted by molar-refractivity contribution is -0.266. The first kappa shape index (κ1) is 34.6. The maximum Gasteiger partial charge on any atom is 0.164 e. The number of ether oxygens (including phenoxy) is 3. The number of phenols is 1. The third-order valence-electron chi connectivity index (χ3n) is 8.99. The number of phenolic OH excluding ortho intramolecular Hbond substituents is 1. The average Bonchev–Trinajstić information content (AvgIpc) is 3.78. The SMILES string of the molecule is CC.CC.CC.CCCC1OC(I)[C@H]2CC3C(C)N(CC4CC4)CCC3(c3c(C)ccc(O)c3OC)CC2O1. The normalized spacial score (nSPS) is 33.5.